The zero-order valence-corrected chi connectivity index (χ0v) is 20.8. The molecule has 3 atom stereocenters. The lowest BCUT2D eigenvalue weighted by molar-refractivity contribution is -0.161. The Kier molecular flexibility index (Phi) is 9.52. The average molecular weight is 502 g/mol. The van der Waals surface area contributed by atoms with Crippen LogP contribution in [0.2, 0.25) is 0 Å². The normalized spacial score (nSPS) is 14.3. The number of alkyl halides is 3. The lowest BCUT2D eigenvalue weighted by Gasteiger charge is -2.29. The standard InChI is InChI=1S/C27H34F3N5O/c1-4-21(17-32-22-10-12-23(13-11-22)35-15-14-31-18-35)33-26(36)24(16-19(2)3)34-25(27(28,29)30)20-8-6-5-7-9-20/h5-15,18-19,21,24-25,32,34H,4,16-17H2,1-3H3,(H,33,36)/t21-,24-,25-/m0/s1. The quantitative estimate of drug-likeness (QED) is 0.307. The largest absolute Gasteiger partial charge is 0.407 e. The van der Waals surface area contributed by atoms with Crippen molar-refractivity contribution in [3.63, 3.8) is 0 Å². The molecule has 0 aliphatic heterocycles. The van der Waals surface area contributed by atoms with Gasteiger partial charge in [-0.15, -0.1) is 0 Å². The number of nitrogens with zero attached hydrogens (tertiary/aromatic N) is 2. The summed E-state index contributed by atoms with van der Waals surface area (Å²) >= 11 is 0. The van der Waals surface area contributed by atoms with Gasteiger partial charge in [0.2, 0.25) is 5.91 Å². The summed E-state index contributed by atoms with van der Waals surface area (Å²) in [6.07, 6.45) is 1.65. The third kappa shape index (κ3) is 7.84. The number of hydrogen-bond acceptors (Lipinski definition) is 4. The predicted octanol–water partition coefficient (Wildman–Crippen LogP) is 5.49. The Morgan fingerprint density at radius 2 is 1.75 bits per heavy atom. The zero-order valence-electron chi connectivity index (χ0n) is 20.8. The Bertz CT molecular complexity index is 1050. The highest BCUT2D eigenvalue weighted by Gasteiger charge is 2.42. The third-order valence-electron chi connectivity index (χ3n) is 5.91. The van der Waals surface area contributed by atoms with Crippen molar-refractivity contribution >= 4 is 11.6 Å². The topological polar surface area (TPSA) is 71.0 Å². The number of hydrogen-bond donors (Lipinski definition) is 3. The number of carbonyl (C=O) groups is 1. The number of aromatic nitrogens is 2. The van der Waals surface area contributed by atoms with Crippen LogP contribution in [0.1, 0.15) is 45.2 Å². The van der Waals surface area contributed by atoms with E-state index in [0.29, 0.717) is 13.0 Å². The van der Waals surface area contributed by atoms with Gasteiger partial charge in [0.25, 0.3) is 0 Å². The summed E-state index contributed by atoms with van der Waals surface area (Å²) in [6.45, 7) is 6.16. The minimum Gasteiger partial charge on any atom is -0.383 e. The van der Waals surface area contributed by atoms with Gasteiger partial charge in [0, 0.05) is 36.4 Å². The maximum atomic E-state index is 13.9. The Morgan fingerprint density at radius 1 is 1.06 bits per heavy atom. The molecule has 1 aromatic heterocycles. The predicted molar refractivity (Wildman–Crippen MR) is 136 cm³/mol. The van der Waals surface area contributed by atoms with Gasteiger partial charge in [-0.2, -0.15) is 13.2 Å². The molecule has 3 N–H and O–H groups in total. The van der Waals surface area contributed by atoms with E-state index in [9.17, 15) is 18.0 Å². The van der Waals surface area contributed by atoms with E-state index in [2.05, 4.69) is 20.9 Å². The molecule has 36 heavy (non-hydrogen) atoms. The minimum absolute atomic E-state index is 0.0325. The first-order valence-electron chi connectivity index (χ1n) is 12.2. The minimum atomic E-state index is -4.54. The molecule has 2 aromatic carbocycles. The second-order valence-electron chi connectivity index (χ2n) is 9.25. The van der Waals surface area contributed by atoms with Crippen molar-refractivity contribution in [2.75, 3.05) is 11.9 Å². The molecule has 0 aliphatic rings. The number of amides is 1. The summed E-state index contributed by atoms with van der Waals surface area (Å²) < 4.78 is 43.6. The molecular formula is C27H34F3N5O. The first kappa shape index (κ1) is 27.3. The zero-order chi connectivity index (χ0) is 26.1. The summed E-state index contributed by atoms with van der Waals surface area (Å²) in [5, 5.41) is 8.84. The van der Waals surface area contributed by atoms with Crippen molar-refractivity contribution in [1.82, 2.24) is 20.2 Å². The van der Waals surface area contributed by atoms with Crippen LogP contribution >= 0.6 is 0 Å². The van der Waals surface area contributed by atoms with Crippen LogP contribution in [0.25, 0.3) is 5.69 Å². The van der Waals surface area contributed by atoms with Crippen LogP contribution in [0, 0.1) is 5.92 Å². The number of nitrogens with one attached hydrogen (secondary N) is 3. The van der Waals surface area contributed by atoms with Gasteiger partial charge >= 0.3 is 6.18 Å². The molecule has 0 unspecified atom stereocenters. The number of imidazole rings is 1. The van der Waals surface area contributed by atoms with Crippen LogP contribution < -0.4 is 16.0 Å². The van der Waals surface area contributed by atoms with E-state index in [1.165, 1.54) is 12.1 Å². The first-order valence-corrected chi connectivity index (χ1v) is 12.2. The number of benzene rings is 2. The Labute approximate surface area is 210 Å². The molecule has 3 aromatic rings. The van der Waals surface area contributed by atoms with Crippen molar-refractivity contribution in [2.24, 2.45) is 5.92 Å². The molecular weight excluding hydrogens is 467 g/mol. The van der Waals surface area contributed by atoms with Crippen molar-refractivity contribution in [3.8, 4) is 5.69 Å². The summed E-state index contributed by atoms with van der Waals surface area (Å²) in [5.41, 5.74) is 1.93. The van der Waals surface area contributed by atoms with Crippen LogP contribution in [0.15, 0.2) is 73.3 Å². The summed E-state index contributed by atoms with van der Waals surface area (Å²) in [4.78, 5) is 17.2. The molecule has 3 rings (SSSR count). The van der Waals surface area contributed by atoms with Gasteiger partial charge in [-0.25, -0.2) is 4.98 Å². The van der Waals surface area contributed by atoms with Crippen LogP contribution in [-0.4, -0.2) is 40.3 Å². The summed E-state index contributed by atoms with van der Waals surface area (Å²) in [5.74, 6) is -0.400. The van der Waals surface area contributed by atoms with Gasteiger partial charge in [-0.3, -0.25) is 10.1 Å². The Hall–Kier alpha value is -3.33. The van der Waals surface area contributed by atoms with Gasteiger partial charge in [-0.05, 0) is 48.6 Å². The molecule has 194 valence electrons. The molecule has 0 saturated heterocycles. The molecule has 0 spiro atoms. The van der Waals surface area contributed by atoms with Crippen LogP contribution in [0.5, 0.6) is 0 Å². The van der Waals surface area contributed by atoms with Crippen molar-refractivity contribution < 1.29 is 18.0 Å². The van der Waals surface area contributed by atoms with Crippen LogP contribution in [-0.2, 0) is 4.79 Å². The van der Waals surface area contributed by atoms with Gasteiger partial charge in [0.15, 0.2) is 0 Å². The van der Waals surface area contributed by atoms with Crippen molar-refractivity contribution in [3.05, 3.63) is 78.9 Å². The molecule has 1 amide bonds. The maximum absolute atomic E-state index is 13.9. The van der Waals surface area contributed by atoms with E-state index in [4.69, 9.17) is 0 Å². The van der Waals surface area contributed by atoms with Gasteiger partial charge in [0.1, 0.15) is 6.04 Å². The van der Waals surface area contributed by atoms with E-state index in [1.807, 2.05) is 55.8 Å². The maximum Gasteiger partial charge on any atom is 0.407 e. The number of halogens is 3. The van der Waals surface area contributed by atoms with Crippen molar-refractivity contribution in [1.29, 1.82) is 0 Å². The fourth-order valence-corrected chi connectivity index (χ4v) is 3.95. The highest BCUT2D eigenvalue weighted by atomic mass is 19.4. The molecule has 0 radical (unpaired) electrons. The van der Waals surface area contributed by atoms with Gasteiger partial charge in [-0.1, -0.05) is 51.1 Å². The van der Waals surface area contributed by atoms with E-state index >= 15 is 0 Å². The monoisotopic (exact) mass is 501 g/mol. The average Bonchev–Trinajstić information content (AvgIpc) is 3.39. The smallest absolute Gasteiger partial charge is 0.383 e. The first-order chi connectivity index (χ1) is 17.2. The number of rotatable bonds is 12. The molecule has 0 fully saturated rings. The highest BCUT2D eigenvalue weighted by molar-refractivity contribution is 5.82. The Morgan fingerprint density at radius 3 is 2.31 bits per heavy atom. The second kappa shape index (κ2) is 12.6. The summed E-state index contributed by atoms with van der Waals surface area (Å²) in [6, 6.07) is 12.2. The summed E-state index contributed by atoms with van der Waals surface area (Å²) in [7, 11) is 0. The van der Waals surface area contributed by atoms with Crippen LogP contribution in [0.3, 0.4) is 0 Å². The number of carbonyl (C=O) groups excluding carboxylic acids is 1. The van der Waals surface area contributed by atoms with Gasteiger partial charge in [0.05, 0.1) is 12.4 Å². The Balaban J connectivity index is 1.64. The highest BCUT2D eigenvalue weighted by Crippen LogP contribution is 2.33. The second-order valence-corrected chi connectivity index (χ2v) is 9.25. The number of anilines is 1. The molecule has 0 saturated carbocycles. The lowest BCUT2D eigenvalue weighted by atomic mass is 9.99. The molecule has 6 nitrogen and oxygen atoms in total. The third-order valence-corrected chi connectivity index (χ3v) is 5.91. The molecule has 0 aliphatic carbocycles. The SMILES string of the molecule is CC[C@@H](CNc1ccc(-n2ccnc2)cc1)NC(=O)[C@H](CC(C)C)N[C@@H](c1ccccc1)C(F)(F)F. The van der Waals surface area contributed by atoms with E-state index < -0.39 is 24.2 Å². The fourth-order valence-electron chi connectivity index (χ4n) is 3.95. The molecule has 1 heterocycles. The van der Waals surface area contributed by atoms with Crippen LogP contribution in [0.4, 0.5) is 18.9 Å². The van der Waals surface area contributed by atoms with Gasteiger partial charge < -0.3 is 15.2 Å². The van der Waals surface area contributed by atoms with E-state index in [0.717, 1.165) is 11.4 Å². The lowest BCUT2D eigenvalue weighted by Crippen LogP contribution is -2.52. The van der Waals surface area contributed by atoms with Crippen molar-refractivity contribution in [2.45, 2.75) is 57.9 Å². The fraction of sp³-hybridized carbons (Fsp3) is 0.407. The van der Waals surface area contributed by atoms with E-state index in [-0.39, 0.29) is 23.9 Å². The molecule has 0 bridgehead atoms. The van der Waals surface area contributed by atoms with E-state index in [1.54, 1.807) is 30.7 Å². The molecule has 9 heteroatoms.